The van der Waals surface area contributed by atoms with Crippen molar-refractivity contribution in [2.75, 3.05) is 6.61 Å². The second-order valence-electron chi connectivity index (χ2n) is 4.39. The molecule has 0 unspecified atom stereocenters. The van der Waals surface area contributed by atoms with E-state index in [1.807, 2.05) is 0 Å². The molecule has 21 heavy (non-hydrogen) atoms. The number of carbonyl (C=O) groups is 1. The Bertz CT molecular complexity index is 824. The molecule has 1 N–H and O–H groups in total. The van der Waals surface area contributed by atoms with E-state index in [1.54, 1.807) is 28.9 Å². The zero-order valence-electron chi connectivity index (χ0n) is 11.0. The summed E-state index contributed by atoms with van der Waals surface area (Å²) in [6, 6.07) is 8.34. The Balaban J connectivity index is 1.79. The number of rotatable bonds is 4. The fourth-order valence-electron chi connectivity index (χ4n) is 2.03. The van der Waals surface area contributed by atoms with Crippen LogP contribution in [-0.4, -0.2) is 32.3 Å². The third kappa shape index (κ3) is 2.81. The number of aromatic amines is 1. The monoisotopic (exact) mass is 284 g/mol. The molecule has 0 saturated heterocycles. The highest BCUT2D eigenvalue weighted by atomic mass is 16.5. The maximum Gasteiger partial charge on any atom is 0.339 e. The number of carbonyl (C=O) groups excluding carboxylic acids is 1. The first-order valence-electron chi connectivity index (χ1n) is 6.35. The highest BCUT2D eigenvalue weighted by Gasteiger charge is 2.12. The maximum absolute atomic E-state index is 12.1. The van der Waals surface area contributed by atoms with E-state index in [1.165, 1.54) is 18.7 Å². The van der Waals surface area contributed by atoms with Crippen molar-refractivity contribution in [1.29, 1.82) is 0 Å². The van der Waals surface area contributed by atoms with Gasteiger partial charge in [-0.05, 0) is 6.07 Å². The van der Waals surface area contributed by atoms with Gasteiger partial charge in [0.05, 0.1) is 12.1 Å². The van der Waals surface area contributed by atoms with Crippen molar-refractivity contribution < 1.29 is 9.53 Å². The summed E-state index contributed by atoms with van der Waals surface area (Å²) in [6.07, 6.45) is 2.95. The molecular formula is C14H12N4O3. The number of hydrogen-bond acceptors (Lipinski definition) is 5. The van der Waals surface area contributed by atoms with Crippen LogP contribution in [-0.2, 0) is 11.3 Å². The maximum atomic E-state index is 12.1. The van der Waals surface area contributed by atoms with Gasteiger partial charge in [-0.25, -0.2) is 14.5 Å². The molecule has 7 heteroatoms. The molecule has 0 atom stereocenters. The Morgan fingerprint density at radius 2 is 2.19 bits per heavy atom. The van der Waals surface area contributed by atoms with E-state index in [4.69, 9.17) is 4.74 Å². The average molecular weight is 284 g/mol. The predicted molar refractivity (Wildman–Crippen MR) is 74.9 cm³/mol. The average Bonchev–Trinajstić information content (AvgIpc) is 2.99. The van der Waals surface area contributed by atoms with E-state index in [2.05, 4.69) is 15.1 Å². The molecule has 0 fully saturated rings. The topological polar surface area (TPSA) is 89.9 Å². The molecule has 0 spiro atoms. The molecule has 106 valence electrons. The first-order valence-corrected chi connectivity index (χ1v) is 6.35. The summed E-state index contributed by atoms with van der Waals surface area (Å²) >= 11 is 0. The van der Waals surface area contributed by atoms with Crippen LogP contribution < -0.4 is 5.56 Å². The van der Waals surface area contributed by atoms with Gasteiger partial charge in [-0.3, -0.25) is 4.79 Å². The van der Waals surface area contributed by atoms with Crippen molar-refractivity contribution in [2.45, 2.75) is 6.54 Å². The Morgan fingerprint density at radius 1 is 1.33 bits per heavy atom. The van der Waals surface area contributed by atoms with Gasteiger partial charge in [-0.15, -0.1) is 0 Å². The van der Waals surface area contributed by atoms with Crippen LogP contribution in [0.2, 0.25) is 0 Å². The lowest BCUT2D eigenvalue weighted by atomic mass is 10.1. The Labute approximate surface area is 119 Å². The van der Waals surface area contributed by atoms with Gasteiger partial charge in [0.25, 0.3) is 0 Å². The number of ether oxygens (including phenoxy) is 1. The summed E-state index contributed by atoms with van der Waals surface area (Å²) in [7, 11) is 0. The van der Waals surface area contributed by atoms with Crippen molar-refractivity contribution in [1.82, 2.24) is 19.7 Å². The fraction of sp³-hybridized carbons (Fsp3) is 0.143. The van der Waals surface area contributed by atoms with Crippen molar-refractivity contribution >= 4 is 16.9 Å². The second kappa shape index (κ2) is 5.58. The number of benzene rings is 1. The van der Waals surface area contributed by atoms with Crippen molar-refractivity contribution in [3.63, 3.8) is 0 Å². The molecule has 3 aromatic rings. The number of hydrogen-bond donors (Lipinski definition) is 1. The van der Waals surface area contributed by atoms with Crippen LogP contribution in [0.4, 0.5) is 0 Å². The second-order valence-corrected chi connectivity index (χ2v) is 4.39. The van der Waals surface area contributed by atoms with Crippen molar-refractivity contribution in [2.24, 2.45) is 0 Å². The zero-order chi connectivity index (χ0) is 14.7. The highest BCUT2D eigenvalue weighted by Crippen LogP contribution is 2.15. The first kappa shape index (κ1) is 13.0. The molecule has 2 heterocycles. The minimum atomic E-state index is -0.530. The van der Waals surface area contributed by atoms with Crippen LogP contribution in [0.1, 0.15) is 10.4 Å². The lowest BCUT2D eigenvalue weighted by molar-refractivity contribution is 0.0489. The normalized spacial score (nSPS) is 10.7. The third-order valence-corrected chi connectivity index (χ3v) is 2.99. The van der Waals surface area contributed by atoms with Gasteiger partial charge in [0.2, 0.25) is 5.56 Å². The minimum absolute atomic E-state index is 0.156. The number of pyridine rings is 1. The summed E-state index contributed by atoms with van der Waals surface area (Å²) in [5, 5.41) is 4.56. The molecule has 7 nitrogen and oxygen atoms in total. The standard InChI is InChI=1S/C14H12N4O3/c19-13-7-11(10-3-1-2-4-12(10)17-13)14(20)21-6-5-18-9-15-8-16-18/h1-4,7-9H,5-6H2,(H,17,19). The van der Waals surface area contributed by atoms with Crippen LogP contribution in [0.5, 0.6) is 0 Å². The van der Waals surface area contributed by atoms with E-state index < -0.39 is 5.97 Å². The Morgan fingerprint density at radius 3 is 3.00 bits per heavy atom. The van der Waals surface area contributed by atoms with Crippen LogP contribution in [0.3, 0.4) is 0 Å². The summed E-state index contributed by atoms with van der Waals surface area (Å²) in [4.78, 5) is 30.2. The SMILES string of the molecule is O=C(OCCn1cncn1)c1cc(=O)[nH]c2ccccc12. The lowest BCUT2D eigenvalue weighted by Gasteiger charge is -2.07. The van der Waals surface area contributed by atoms with Gasteiger partial charge < -0.3 is 9.72 Å². The highest BCUT2D eigenvalue weighted by molar-refractivity contribution is 6.03. The number of para-hydroxylation sites is 1. The molecule has 0 aliphatic heterocycles. The quantitative estimate of drug-likeness (QED) is 0.721. The summed E-state index contributed by atoms with van der Waals surface area (Å²) in [5.74, 6) is -0.530. The molecule has 0 radical (unpaired) electrons. The Hall–Kier alpha value is -2.96. The molecule has 2 aromatic heterocycles. The predicted octanol–water partition coefficient (Wildman–Crippen LogP) is 0.977. The van der Waals surface area contributed by atoms with Gasteiger partial charge >= 0.3 is 5.97 Å². The number of esters is 1. The number of nitrogens with zero attached hydrogens (tertiary/aromatic N) is 3. The number of aromatic nitrogens is 4. The van der Waals surface area contributed by atoms with E-state index in [-0.39, 0.29) is 17.7 Å². The fourth-order valence-corrected chi connectivity index (χ4v) is 2.03. The van der Waals surface area contributed by atoms with Gasteiger partial charge in [-0.2, -0.15) is 5.10 Å². The van der Waals surface area contributed by atoms with E-state index >= 15 is 0 Å². The lowest BCUT2D eigenvalue weighted by Crippen LogP contribution is -2.15. The summed E-state index contributed by atoms with van der Waals surface area (Å²) in [6.45, 7) is 0.566. The zero-order valence-corrected chi connectivity index (χ0v) is 11.0. The van der Waals surface area contributed by atoms with Crippen LogP contribution >= 0.6 is 0 Å². The van der Waals surface area contributed by atoms with E-state index in [0.717, 1.165) is 0 Å². The minimum Gasteiger partial charge on any atom is -0.460 e. The van der Waals surface area contributed by atoms with Crippen molar-refractivity contribution in [3.8, 4) is 0 Å². The largest absolute Gasteiger partial charge is 0.460 e. The molecule has 0 bridgehead atoms. The molecular weight excluding hydrogens is 272 g/mol. The van der Waals surface area contributed by atoms with Gasteiger partial charge in [0, 0.05) is 17.0 Å². The molecule has 1 aromatic carbocycles. The number of H-pyrrole nitrogens is 1. The molecule has 0 amide bonds. The molecule has 3 rings (SSSR count). The smallest absolute Gasteiger partial charge is 0.339 e. The van der Waals surface area contributed by atoms with Crippen LogP contribution in [0, 0.1) is 0 Å². The molecule has 0 saturated carbocycles. The number of nitrogens with one attached hydrogen (secondary N) is 1. The van der Waals surface area contributed by atoms with E-state index in [9.17, 15) is 9.59 Å². The van der Waals surface area contributed by atoms with Crippen LogP contribution in [0.25, 0.3) is 10.9 Å². The summed E-state index contributed by atoms with van der Waals surface area (Å²) < 4.78 is 6.74. The van der Waals surface area contributed by atoms with Gasteiger partial charge in [-0.1, -0.05) is 18.2 Å². The van der Waals surface area contributed by atoms with Crippen molar-refractivity contribution in [3.05, 3.63) is 58.9 Å². The van der Waals surface area contributed by atoms with Crippen LogP contribution in [0.15, 0.2) is 47.8 Å². The third-order valence-electron chi connectivity index (χ3n) is 2.99. The number of fused-ring (bicyclic) bond motifs is 1. The molecule has 0 aliphatic carbocycles. The van der Waals surface area contributed by atoms with Gasteiger partial charge in [0.15, 0.2) is 0 Å². The summed E-state index contributed by atoms with van der Waals surface area (Å²) in [5.41, 5.74) is 0.526. The van der Waals surface area contributed by atoms with Gasteiger partial charge in [0.1, 0.15) is 19.3 Å². The Kier molecular flexibility index (Phi) is 3.46. The molecule has 0 aliphatic rings. The first-order chi connectivity index (χ1) is 10.2. The van der Waals surface area contributed by atoms with E-state index in [0.29, 0.717) is 17.4 Å².